The number of hydrogen-bond donors (Lipinski definition) is 1. The highest BCUT2D eigenvalue weighted by molar-refractivity contribution is 5.85. The third-order valence-electron chi connectivity index (χ3n) is 2.74. The van der Waals surface area contributed by atoms with E-state index in [1.807, 2.05) is 0 Å². The average Bonchev–Trinajstić information content (AvgIpc) is 2.81. The summed E-state index contributed by atoms with van der Waals surface area (Å²) in [5, 5.41) is 3.73. The minimum Gasteiger partial charge on any atom is -0.367 e. The molecule has 5 nitrogen and oxygen atoms in total. The molecular weight excluding hydrogens is 266 g/mol. The van der Waals surface area contributed by atoms with E-state index in [0.29, 0.717) is 11.3 Å². The Hall–Kier alpha value is -2.83. The second-order valence-electron chi connectivity index (χ2n) is 3.99. The third-order valence-corrected chi connectivity index (χ3v) is 2.74. The maximum atomic E-state index is 13.8. The van der Waals surface area contributed by atoms with E-state index in [4.69, 9.17) is 10.3 Å². The van der Waals surface area contributed by atoms with Gasteiger partial charge in [0, 0.05) is 17.8 Å². The van der Waals surface area contributed by atoms with Crippen molar-refractivity contribution in [3.05, 3.63) is 48.4 Å². The molecule has 2 aromatic heterocycles. The molecule has 0 aliphatic heterocycles. The lowest BCUT2D eigenvalue weighted by atomic mass is 10.0. The van der Waals surface area contributed by atoms with Crippen molar-refractivity contribution in [3.8, 4) is 22.5 Å². The Labute approximate surface area is 112 Å². The topological polar surface area (TPSA) is 77.8 Å². The van der Waals surface area contributed by atoms with Crippen molar-refractivity contribution in [1.82, 2.24) is 15.1 Å². The second-order valence-corrected chi connectivity index (χ2v) is 3.99. The molecule has 0 amide bonds. The Balaban J connectivity index is 2.21. The largest absolute Gasteiger partial charge is 0.367 e. The van der Waals surface area contributed by atoms with Gasteiger partial charge in [0.05, 0.1) is 11.3 Å². The van der Waals surface area contributed by atoms with Gasteiger partial charge in [-0.3, -0.25) is 0 Å². The monoisotopic (exact) mass is 274 g/mol. The number of aromatic nitrogens is 3. The summed E-state index contributed by atoms with van der Waals surface area (Å²) in [6, 6.07) is 4.76. The molecular formula is C13H8F2N4O. The molecule has 100 valence electrons. The van der Waals surface area contributed by atoms with Gasteiger partial charge in [-0.15, -0.1) is 0 Å². The summed E-state index contributed by atoms with van der Waals surface area (Å²) in [7, 11) is 0. The first-order valence-corrected chi connectivity index (χ1v) is 5.64. The van der Waals surface area contributed by atoms with E-state index in [1.54, 1.807) is 6.07 Å². The Morgan fingerprint density at radius 3 is 2.70 bits per heavy atom. The molecule has 3 aromatic rings. The predicted octanol–water partition coefficient (Wildman–Crippen LogP) is 2.66. The number of benzene rings is 1. The number of rotatable bonds is 2. The highest BCUT2D eigenvalue weighted by atomic mass is 19.1. The lowest BCUT2D eigenvalue weighted by molar-refractivity contribution is 0.439. The van der Waals surface area contributed by atoms with Crippen LogP contribution in [0.3, 0.4) is 0 Å². The van der Waals surface area contributed by atoms with E-state index < -0.39 is 11.6 Å². The van der Waals surface area contributed by atoms with Gasteiger partial charge in [-0.25, -0.2) is 18.7 Å². The SMILES string of the molecule is Nc1onc(-c2ccc(F)cc2F)c1-c1ccncn1. The standard InChI is InChI=1S/C13H8F2N4O/c14-7-1-2-8(9(15)5-7)12-11(13(16)20-19-12)10-3-4-17-6-18-10/h1-6H,16H2. The number of anilines is 1. The molecule has 0 fully saturated rings. The van der Waals surface area contributed by atoms with Gasteiger partial charge in [0.25, 0.3) is 0 Å². The van der Waals surface area contributed by atoms with Crippen LogP contribution < -0.4 is 5.73 Å². The fourth-order valence-corrected chi connectivity index (χ4v) is 1.85. The normalized spacial score (nSPS) is 10.7. The summed E-state index contributed by atoms with van der Waals surface area (Å²) in [4.78, 5) is 7.82. The van der Waals surface area contributed by atoms with Crippen LogP contribution in [0.2, 0.25) is 0 Å². The average molecular weight is 274 g/mol. The molecule has 0 saturated carbocycles. The first-order chi connectivity index (χ1) is 9.66. The van der Waals surface area contributed by atoms with Crippen LogP contribution in [-0.2, 0) is 0 Å². The molecule has 0 aliphatic carbocycles. The lowest BCUT2D eigenvalue weighted by Gasteiger charge is -2.03. The summed E-state index contributed by atoms with van der Waals surface area (Å²) >= 11 is 0. The molecule has 0 radical (unpaired) electrons. The van der Waals surface area contributed by atoms with Gasteiger partial charge >= 0.3 is 0 Å². The number of nitrogens with two attached hydrogens (primary N) is 1. The number of nitrogen functional groups attached to an aromatic ring is 1. The Kier molecular flexibility index (Phi) is 2.86. The van der Waals surface area contributed by atoms with Crippen LogP contribution >= 0.6 is 0 Å². The maximum absolute atomic E-state index is 13.8. The zero-order valence-corrected chi connectivity index (χ0v) is 10.0. The Morgan fingerprint density at radius 1 is 1.15 bits per heavy atom. The fraction of sp³-hybridized carbons (Fsp3) is 0. The van der Waals surface area contributed by atoms with E-state index >= 15 is 0 Å². The van der Waals surface area contributed by atoms with Crippen LogP contribution in [0, 0.1) is 11.6 Å². The number of nitrogens with zero attached hydrogens (tertiary/aromatic N) is 3. The van der Waals surface area contributed by atoms with Crippen molar-refractivity contribution < 1.29 is 13.3 Å². The van der Waals surface area contributed by atoms with Gasteiger partial charge in [-0.2, -0.15) is 0 Å². The van der Waals surface area contributed by atoms with Gasteiger partial charge in [0.1, 0.15) is 23.7 Å². The highest BCUT2D eigenvalue weighted by Gasteiger charge is 2.21. The quantitative estimate of drug-likeness (QED) is 0.777. The van der Waals surface area contributed by atoms with Crippen molar-refractivity contribution >= 4 is 5.88 Å². The molecule has 1 aromatic carbocycles. The van der Waals surface area contributed by atoms with Crippen LogP contribution in [0.1, 0.15) is 0 Å². The molecule has 2 heterocycles. The van der Waals surface area contributed by atoms with E-state index in [9.17, 15) is 8.78 Å². The van der Waals surface area contributed by atoms with Crippen LogP contribution in [-0.4, -0.2) is 15.1 Å². The fourth-order valence-electron chi connectivity index (χ4n) is 1.85. The van der Waals surface area contributed by atoms with E-state index in [-0.39, 0.29) is 17.1 Å². The number of hydrogen-bond acceptors (Lipinski definition) is 5. The molecule has 0 aliphatic rings. The molecule has 0 spiro atoms. The molecule has 0 bridgehead atoms. The number of halogens is 2. The van der Waals surface area contributed by atoms with Gasteiger partial charge in [0.2, 0.25) is 5.88 Å². The van der Waals surface area contributed by atoms with Crippen molar-refractivity contribution in [3.63, 3.8) is 0 Å². The molecule has 2 N–H and O–H groups in total. The van der Waals surface area contributed by atoms with Gasteiger partial charge in [-0.05, 0) is 18.2 Å². The molecule has 20 heavy (non-hydrogen) atoms. The van der Waals surface area contributed by atoms with Crippen molar-refractivity contribution in [2.24, 2.45) is 0 Å². The Bertz CT molecular complexity index is 758. The van der Waals surface area contributed by atoms with E-state index in [2.05, 4.69) is 15.1 Å². The maximum Gasteiger partial charge on any atom is 0.232 e. The second kappa shape index (κ2) is 4.69. The molecule has 0 unspecified atom stereocenters. The van der Waals surface area contributed by atoms with Gasteiger partial charge in [0.15, 0.2) is 0 Å². The minimum absolute atomic E-state index is 0.00225. The predicted molar refractivity (Wildman–Crippen MR) is 67.3 cm³/mol. The summed E-state index contributed by atoms with van der Waals surface area (Å²) < 4.78 is 31.7. The Morgan fingerprint density at radius 2 is 2.00 bits per heavy atom. The summed E-state index contributed by atoms with van der Waals surface area (Å²) in [6.45, 7) is 0. The third kappa shape index (κ3) is 1.99. The van der Waals surface area contributed by atoms with Crippen LogP contribution in [0.5, 0.6) is 0 Å². The summed E-state index contributed by atoms with van der Waals surface area (Å²) in [5.41, 5.74) is 6.74. The van der Waals surface area contributed by atoms with Crippen LogP contribution in [0.4, 0.5) is 14.7 Å². The molecule has 0 atom stereocenters. The van der Waals surface area contributed by atoms with Crippen LogP contribution in [0.25, 0.3) is 22.5 Å². The van der Waals surface area contributed by atoms with E-state index in [0.717, 1.165) is 12.1 Å². The van der Waals surface area contributed by atoms with Gasteiger partial charge < -0.3 is 10.3 Å². The minimum atomic E-state index is -0.756. The zero-order chi connectivity index (χ0) is 14.1. The molecule has 0 saturated heterocycles. The zero-order valence-electron chi connectivity index (χ0n) is 10.0. The first kappa shape index (κ1) is 12.2. The summed E-state index contributed by atoms with van der Waals surface area (Å²) in [5.74, 6) is -1.43. The highest BCUT2D eigenvalue weighted by Crippen LogP contribution is 2.35. The smallest absolute Gasteiger partial charge is 0.232 e. The van der Waals surface area contributed by atoms with Gasteiger partial charge in [-0.1, -0.05) is 5.16 Å². The van der Waals surface area contributed by atoms with Crippen LogP contribution in [0.15, 0.2) is 41.3 Å². The lowest BCUT2D eigenvalue weighted by Crippen LogP contribution is -1.92. The van der Waals surface area contributed by atoms with Crippen molar-refractivity contribution in [1.29, 1.82) is 0 Å². The first-order valence-electron chi connectivity index (χ1n) is 5.64. The van der Waals surface area contributed by atoms with Crippen molar-refractivity contribution in [2.45, 2.75) is 0 Å². The molecule has 7 heteroatoms. The van der Waals surface area contributed by atoms with E-state index in [1.165, 1.54) is 18.6 Å². The summed E-state index contributed by atoms with van der Waals surface area (Å²) in [6.07, 6.45) is 2.84. The van der Waals surface area contributed by atoms with Crippen molar-refractivity contribution in [2.75, 3.05) is 5.73 Å². The molecule has 3 rings (SSSR count).